The zero-order valence-electron chi connectivity index (χ0n) is 12.7. The standard InChI is InChI=1S/C14H23NO5/c1-6-9-14(3,4)20-19-13(18-5)10(2)15-11(16)7-8-12(15)17/h7-8,10,13H,6,9H2,1-5H3. The molecule has 0 spiro atoms. The maximum atomic E-state index is 11.6. The number of amides is 2. The van der Waals surface area contributed by atoms with Crippen molar-refractivity contribution in [2.75, 3.05) is 7.11 Å². The minimum Gasteiger partial charge on any atom is -0.351 e. The molecular formula is C14H23NO5. The Kier molecular flexibility index (Phi) is 5.86. The molecule has 0 N–H and O–H groups in total. The summed E-state index contributed by atoms with van der Waals surface area (Å²) in [7, 11) is 1.44. The lowest BCUT2D eigenvalue weighted by molar-refractivity contribution is -0.422. The number of carbonyl (C=O) groups is 2. The normalized spacial score (nSPS) is 18.8. The highest BCUT2D eigenvalue weighted by atomic mass is 17.2. The molecule has 1 aliphatic rings. The molecule has 0 saturated carbocycles. The van der Waals surface area contributed by atoms with E-state index in [4.69, 9.17) is 14.5 Å². The molecule has 0 aromatic rings. The van der Waals surface area contributed by atoms with Crippen molar-refractivity contribution in [3.05, 3.63) is 12.2 Å². The monoisotopic (exact) mass is 285 g/mol. The highest BCUT2D eigenvalue weighted by Crippen LogP contribution is 2.21. The first-order valence-electron chi connectivity index (χ1n) is 6.75. The summed E-state index contributed by atoms with van der Waals surface area (Å²) in [5.41, 5.74) is -0.456. The van der Waals surface area contributed by atoms with E-state index in [-0.39, 0.29) is 11.8 Å². The van der Waals surface area contributed by atoms with Crippen LogP contribution in [0.4, 0.5) is 0 Å². The van der Waals surface area contributed by atoms with Gasteiger partial charge in [0, 0.05) is 19.3 Å². The van der Waals surface area contributed by atoms with E-state index < -0.39 is 17.9 Å². The molecule has 0 aliphatic carbocycles. The summed E-state index contributed by atoms with van der Waals surface area (Å²) in [5.74, 6) is -0.748. The second kappa shape index (κ2) is 6.97. The van der Waals surface area contributed by atoms with Crippen molar-refractivity contribution in [1.29, 1.82) is 0 Å². The van der Waals surface area contributed by atoms with Gasteiger partial charge in [0.2, 0.25) is 6.29 Å². The Morgan fingerprint density at radius 1 is 1.25 bits per heavy atom. The van der Waals surface area contributed by atoms with Crippen LogP contribution in [0, 0.1) is 0 Å². The van der Waals surface area contributed by atoms with E-state index in [1.165, 1.54) is 19.3 Å². The van der Waals surface area contributed by atoms with Crippen LogP contribution in [0.1, 0.15) is 40.5 Å². The van der Waals surface area contributed by atoms with Gasteiger partial charge in [-0.1, -0.05) is 13.3 Å². The van der Waals surface area contributed by atoms with E-state index >= 15 is 0 Å². The second-order valence-electron chi connectivity index (χ2n) is 5.41. The Bertz CT molecular complexity index is 373. The van der Waals surface area contributed by atoms with Gasteiger partial charge in [0.25, 0.3) is 11.8 Å². The molecule has 2 unspecified atom stereocenters. The van der Waals surface area contributed by atoms with Gasteiger partial charge in [0.15, 0.2) is 0 Å². The topological polar surface area (TPSA) is 65.1 Å². The lowest BCUT2D eigenvalue weighted by Gasteiger charge is -2.31. The molecule has 20 heavy (non-hydrogen) atoms. The zero-order chi connectivity index (χ0) is 15.3. The van der Waals surface area contributed by atoms with Crippen molar-refractivity contribution in [2.24, 2.45) is 0 Å². The van der Waals surface area contributed by atoms with E-state index in [1.807, 2.05) is 13.8 Å². The summed E-state index contributed by atoms with van der Waals surface area (Å²) in [6.07, 6.45) is 3.40. The molecule has 0 saturated heterocycles. The van der Waals surface area contributed by atoms with E-state index in [2.05, 4.69) is 6.92 Å². The number of nitrogens with zero attached hydrogens (tertiary/aromatic N) is 1. The van der Waals surface area contributed by atoms with Crippen LogP contribution in [0.5, 0.6) is 0 Å². The summed E-state index contributed by atoms with van der Waals surface area (Å²) in [5, 5.41) is 0. The lowest BCUT2D eigenvalue weighted by Crippen LogP contribution is -2.47. The van der Waals surface area contributed by atoms with Crippen LogP contribution < -0.4 is 0 Å². The van der Waals surface area contributed by atoms with Gasteiger partial charge >= 0.3 is 0 Å². The molecular weight excluding hydrogens is 262 g/mol. The van der Waals surface area contributed by atoms with Crippen molar-refractivity contribution >= 4 is 11.8 Å². The predicted octanol–water partition coefficient (Wildman–Crippen LogP) is 1.80. The Balaban J connectivity index is 2.62. The van der Waals surface area contributed by atoms with Crippen molar-refractivity contribution in [2.45, 2.75) is 58.5 Å². The van der Waals surface area contributed by atoms with E-state index in [1.54, 1.807) is 6.92 Å². The number of imide groups is 1. The first kappa shape index (κ1) is 16.8. The SMILES string of the molecule is CCCC(C)(C)OOC(OC)C(C)N1C(=O)C=CC1=O. The van der Waals surface area contributed by atoms with Crippen molar-refractivity contribution in [3.8, 4) is 0 Å². The van der Waals surface area contributed by atoms with Crippen LogP contribution in [0.15, 0.2) is 12.2 Å². The van der Waals surface area contributed by atoms with Gasteiger partial charge < -0.3 is 4.74 Å². The molecule has 6 heteroatoms. The molecule has 0 aromatic carbocycles. The van der Waals surface area contributed by atoms with Crippen LogP contribution in [0.25, 0.3) is 0 Å². The number of methoxy groups -OCH3 is 1. The molecule has 6 nitrogen and oxygen atoms in total. The summed E-state index contributed by atoms with van der Waals surface area (Å²) in [4.78, 5) is 35.0. The largest absolute Gasteiger partial charge is 0.351 e. The van der Waals surface area contributed by atoms with Gasteiger partial charge in [-0.15, -0.1) is 0 Å². The Morgan fingerprint density at radius 2 is 1.80 bits per heavy atom. The quantitative estimate of drug-likeness (QED) is 0.294. The molecule has 2 atom stereocenters. The fourth-order valence-electron chi connectivity index (χ4n) is 2.07. The Hall–Kier alpha value is -1.24. The molecule has 2 amide bonds. The molecule has 1 heterocycles. The van der Waals surface area contributed by atoms with Gasteiger partial charge in [0.1, 0.15) is 0 Å². The fourth-order valence-corrected chi connectivity index (χ4v) is 2.07. The maximum Gasteiger partial charge on any atom is 0.254 e. The zero-order valence-corrected chi connectivity index (χ0v) is 12.7. The van der Waals surface area contributed by atoms with Gasteiger partial charge in [-0.2, -0.15) is 0 Å². The molecule has 1 rings (SSSR count). The number of hydrogen-bond acceptors (Lipinski definition) is 5. The van der Waals surface area contributed by atoms with E-state index in [0.717, 1.165) is 17.7 Å². The van der Waals surface area contributed by atoms with Crippen LogP contribution in [-0.4, -0.2) is 41.8 Å². The second-order valence-corrected chi connectivity index (χ2v) is 5.41. The molecule has 1 aliphatic heterocycles. The molecule has 0 bridgehead atoms. The number of carbonyl (C=O) groups excluding carboxylic acids is 2. The summed E-state index contributed by atoms with van der Waals surface area (Å²) >= 11 is 0. The summed E-state index contributed by atoms with van der Waals surface area (Å²) < 4.78 is 5.17. The molecule has 0 aromatic heterocycles. The predicted molar refractivity (Wildman–Crippen MR) is 72.4 cm³/mol. The number of hydrogen-bond donors (Lipinski definition) is 0. The van der Waals surface area contributed by atoms with Crippen LogP contribution in [0.3, 0.4) is 0 Å². The summed E-state index contributed by atoms with van der Waals surface area (Å²) in [6.45, 7) is 7.53. The minimum absolute atomic E-state index is 0.374. The fraction of sp³-hybridized carbons (Fsp3) is 0.714. The van der Waals surface area contributed by atoms with Crippen molar-refractivity contribution in [3.63, 3.8) is 0 Å². The summed E-state index contributed by atoms with van der Waals surface area (Å²) in [6, 6.07) is -0.576. The molecule has 114 valence electrons. The highest BCUT2D eigenvalue weighted by molar-refractivity contribution is 6.13. The van der Waals surface area contributed by atoms with Crippen molar-refractivity contribution in [1.82, 2.24) is 4.90 Å². The first-order chi connectivity index (χ1) is 9.32. The van der Waals surface area contributed by atoms with Crippen LogP contribution in [-0.2, 0) is 24.1 Å². The highest BCUT2D eigenvalue weighted by Gasteiger charge is 2.35. The lowest BCUT2D eigenvalue weighted by atomic mass is 10.0. The van der Waals surface area contributed by atoms with Crippen LogP contribution in [0.2, 0.25) is 0 Å². The number of rotatable bonds is 8. The minimum atomic E-state index is -0.834. The van der Waals surface area contributed by atoms with Gasteiger partial charge in [-0.05, 0) is 27.2 Å². The molecule has 0 radical (unpaired) electrons. The third-order valence-corrected chi connectivity index (χ3v) is 3.10. The van der Waals surface area contributed by atoms with E-state index in [0.29, 0.717) is 0 Å². The van der Waals surface area contributed by atoms with Gasteiger partial charge in [0.05, 0.1) is 11.6 Å². The van der Waals surface area contributed by atoms with Gasteiger partial charge in [-0.3, -0.25) is 14.5 Å². The Morgan fingerprint density at radius 3 is 2.25 bits per heavy atom. The third-order valence-electron chi connectivity index (χ3n) is 3.10. The smallest absolute Gasteiger partial charge is 0.254 e. The van der Waals surface area contributed by atoms with Crippen LogP contribution >= 0.6 is 0 Å². The van der Waals surface area contributed by atoms with E-state index in [9.17, 15) is 9.59 Å². The number of ether oxygens (including phenoxy) is 1. The third kappa shape index (κ3) is 4.13. The molecule has 0 fully saturated rings. The Labute approximate surface area is 119 Å². The first-order valence-corrected chi connectivity index (χ1v) is 6.75. The van der Waals surface area contributed by atoms with Crippen molar-refractivity contribution < 1.29 is 24.1 Å². The van der Waals surface area contributed by atoms with Gasteiger partial charge in [-0.25, -0.2) is 9.78 Å². The maximum absolute atomic E-state index is 11.6. The average molecular weight is 285 g/mol. The average Bonchev–Trinajstić information content (AvgIpc) is 2.69.